The van der Waals surface area contributed by atoms with Crippen LogP contribution in [0.5, 0.6) is 0 Å². The summed E-state index contributed by atoms with van der Waals surface area (Å²) in [7, 11) is 2.00. The second-order valence-corrected chi connectivity index (χ2v) is 6.91. The second kappa shape index (κ2) is 6.11. The molecule has 0 N–H and O–H groups in total. The molecule has 0 aromatic heterocycles. The highest BCUT2D eigenvalue weighted by Crippen LogP contribution is 2.08. The minimum Gasteiger partial charge on any atom is -0.309 e. The second-order valence-electron chi connectivity index (χ2n) is 2.33. The highest BCUT2D eigenvalue weighted by atomic mass is 35.5. The summed E-state index contributed by atoms with van der Waals surface area (Å²) in [5.74, 6) is 0.645. The molecule has 0 radical (unpaired) electrons. The van der Waals surface area contributed by atoms with E-state index >= 15 is 0 Å². The molecule has 11 heavy (non-hydrogen) atoms. The Morgan fingerprint density at radius 1 is 1.36 bits per heavy atom. The van der Waals surface area contributed by atoms with Crippen LogP contribution >= 0.6 is 23.2 Å². The maximum Gasteiger partial charge on any atom is 0.198 e. The summed E-state index contributed by atoms with van der Waals surface area (Å²) in [6.45, 7) is 0.803. The highest BCUT2D eigenvalue weighted by Gasteiger charge is 2.01. The van der Waals surface area contributed by atoms with E-state index in [1.165, 1.54) is 6.26 Å². The highest BCUT2D eigenvalue weighted by molar-refractivity contribution is 8.71. The first-order valence-corrected chi connectivity index (χ1v) is 6.30. The van der Waals surface area contributed by atoms with Crippen molar-refractivity contribution in [2.24, 2.45) is 0 Å². The molecule has 0 atom stereocenters. The Hall–Kier alpha value is 0.550. The number of rotatable bonds is 4. The molecule has 0 aliphatic heterocycles. The molecule has 0 aromatic carbocycles. The van der Waals surface area contributed by atoms with Gasteiger partial charge in [0.05, 0.1) is 0 Å². The van der Waals surface area contributed by atoms with Crippen LogP contribution in [-0.4, -0.2) is 46.0 Å². The maximum absolute atomic E-state index is 10.6. The first-order valence-electron chi connectivity index (χ1n) is 2.91. The molecule has 0 spiro atoms. The molecule has 0 saturated heterocycles. The molecule has 70 valence electrons. The van der Waals surface area contributed by atoms with Gasteiger partial charge >= 0.3 is 0 Å². The third-order valence-corrected chi connectivity index (χ3v) is 3.40. The zero-order valence-electron chi connectivity index (χ0n) is 6.90. The van der Waals surface area contributed by atoms with Crippen molar-refractivity contribution in [2.75, 3.05) is 32.6 Å². The summed E-state index contributed by atoms with van der Waals surface area (Å²) in [5, 5.41) is 0. The summed E-state index contributed by atoms with van der Waals surface area (Å²) in [5.41, 5.74) is 0. The van der Waals surface area contributed by atoms with E-state index < -0.39 is 8.87 Å². The van der Waals surface area contributed by atoms with Gasteiger partial charge in [-0.1, -0.05) is 0 Å². The van der Waals surface area contributed by atoms with Gasteiger partial charge in [0.25, 0.3) is 0 Å². The largest absolute Gasteiger partial charge is 0.309 e. The van der Waals surface area contributed by atoms with E-state index in [4.69, 9.17) is 0 Å². The standard InChI is InChI=1S/C5H13NO2S2.ClH/c1-6(2)4-5-9-10(3,7)8;/h4-5H2,1-3H3;1H. The van der Waals surface area contributed by atoms with Crippen molar-refractivity contribution in [3.8, 4) is 0 Å². The van der Waals surface area contributed by atoms with Gasteiger partial charge in [0, 0.05) is 18.6 Å². The molecular weight excluding hydrogens is 206 g/mol. The van der Waals surface area contributed by atoms with Crippen LogP contribution in [0.3, 0.4) is 0 Å². The van der Waals surface area contributed by atoms with Crippen LogP contribution in [0.4, 0.5) is 0 Å². The van der Waals surface area contributed by atoms with Crippen molar-refractivity contribution in [3.05, 3.63) is 0 Å². The summed E-state index contributed by atoms with van der Waals surface area (Å²) < 4.78 is 21.1. The van der Waals surface area contributed by atoms with Crippen LogP contribution in [0.15, 0.2) is 0 Å². The zero-order valence-corrected chi connectivity index (χ0v) is 9.35. The van der Waals surface area contributed by atoms with Gasteiger partial charge < -0.3 is 4.90 Å². The lowest BCUT2D eigenvalue weighted by Crippen LogP contribution is -2.15. The minimum atomic E-state index is -2.83. The minimum absolute atomic E-state index is 0. The predicted molar refractivity (Wildman–Crippen MR) is 53.1 cm³/mol. The Kier molecular flexibility index (Phi) is 7.83. The summed E-state index contributed by atoms with van der Waals surface area (Å²) >= 11 is 0. The fourth-order valence-corrected chi connectivity index (χ4v) is 2.25. The van der Waals surface area contributed by atoms with E-state index in [0.29, 0.717) is 5.75 Å². The number of halogens is 1. The van der Waals surface area contributed by atoms with Gasteiger partial charge in [0.1, 0.15) is 0 Å². The lowest BCUT2D eigenvalue weighted by molar-refractivity contribution is 0.437. The normalized spacial score (nSPS) is 11.3. The van der Waals surface area contributed by atoms with E-state index in [2.05, 4.69) is 0 Å². The van der Waals surface area contributed by atoms with E-state index in [9.17, 15) is 8.42 Å². The van der Waals surface area contributed by atoms with Crippen molar-refractivity contribution in [3.63, 3.8) is 0 Å². The van der Waals surface area contributed by atoms with Gasteiger partial charge in [-0.15, -0.1) is 12.4 Å². The van der Waals surface area contributed by atoms with Crippen LogP contribution in [0.1, 0.15) is 0 Å². The summed E-state index contributed by atoms with van der Waals surface area (Å²) in [4.78, 5) is 1.96. The Morgan fingerprint density at radius 3 is 2.09 bits per heavy atom. The number of hydrogen-bond acceptors (Lipinski definition) is 4. The number of hydrogen-bond donors (Lipinski definition) is 0. The van der Waals surface area contributed by atoms with Gasteiger partial charge in [0.2, 0.25) is 0 Å². The summed E-state index contributed by atoms with van der Waals surface area (Å²) in [6.07, 6.45) is 1.23. The molecule has 0 rings (SSSR count). The van der Waals surface area contributed by atoms with Crippen molar-refractivity contribution in [1.82, 2.24) is 4.90 Å². The van der Waals surface area contributed by atoms with Crippen LogP contribution < -0.4 is 0 Å². The Balaban J connectivity index is 0. The monoisotopic (exact) mass is 219 g/mol. The van der Waals surface area contributed by atoms with E-state index in [1.807, 2.05) is 19.0 Å². The number of nitrogens with zero attached hydrogens (tertiary/aromatic N) is 1. The fraction of sp³-hybridized carbons (Fsp3) is 1.00. The smallest absolute Gasteiger partial charge is 0.198 e. The molecule has 0 aliphatic carbocycles. The quantitative estimate of drug-likeness (QED) is 0.652. The Labute approximate surface area is 78.3 Å². The SMILES string of the molecule is CN(C)CCSS(C)(=O)=O.Cl. The summed E-state index contributed by atoms with van der Waals surface area (Å²) in [6, 6.07) is 0. The predicted octanol–water partition coefficient (Wildman–Crippen LogP) is 0.663. The molecule has 0 bridgehead atoms. The van der Waals surface area contributed by atoms with E-state index in [1.54, 1.807) is 0 Å². The topological polar surface area (TPSA) is 37.4 Å². The van der Waals surface area contributed by atoms with Crippen molar-refractivity contribution < 1.29 is 8.42 Å². The third-order valence-electron chi connectivity index (χ3n) is 0.836. The lowest BCUT2D eigenvalue weighted by atomic mass is 10.7. The molecule has 0 fully saturated rings. The first-order chi connectivity index (χ1) is 4.42. The third kappa shape index (κ3) is 13.5. The molecule has 0 aliphatic rings. The van der Waals surface area contributed by atoms with Crippen LogP contribution in [-0.2, 0) is 8.87 Å². The van der Waals surface area contributed by atoms with Gasteiger partial charge in [-0.2, -0.15) is 0 Å². The molecule has 0 heterocycles. The van der Waals surface area contributed by atoms with Crippen molar-refractivity contribution in [2.45, 2.75) is 0 Å². The van der Waals surface area contributed by atoms with Gasteiger partial charge in [0.15, 0.2) is 8.87 Å². The average Bonchev–Trinajstić information content (AvgIpc) is 1.59. The molecule has 3 nitrogen and oxygen atoms in total. The van der Waals surface area contributed by atoms with E-state index in [0.717, 1.165) is 17.3 Å². The Morgan fingerprint density at radius 2 is 1.82 bits per heavy atom. The molecular formula is C5H14ClNO2S2. The average molecular weight is 220 g/mol. The van der Waals surface area contributed by atoms with Crippen LogP contribution in [0, 0.1) is 0 Å². The first kappa shape index (κ1) is 14.1. The fourth-order valence-electron chi connectivity index (χ4n) is 0.371. The van der Waals surface area contributed by atoms with E-state index in [-0.39, 0.29) is 12.4 Å². The maximum atomic E-state index is 10.6. The van der Waals surface area contributed by atoms with Crippen LogP contribution in [0.2, 0.25) is 0 Å². The van der Waals surface area contributed by atoms with Crippen molar-refractivity contribution >= 4 is 32.1 Å². The molecule has 0 aromatic rings. The lowest BCUT2D eigenvalue weighted by Gasteiger charge is -2.06. The van der Waals surface area contributed by atoms with Gasteiger partial charge in [-0.25, -0.2) is 8.42 Å². The molecule has 0 unspecified atom stereocenters. The molecule has 0 amide bonds. The Bertz CT molecular complexity index is 179. The molecule has 0 saturated carbocycles. The van der Waals surface area contributed by atoms with Gasteiger partial charge in [-0.3, -0.25) is 0 Å². The molecule has 6 heteroatoms. The zero-order chi connectivity index (χ0) is 8.20. The van der Waals surface area contributed by atoms with Gasteiger partial charge in [-0.05, 0) is 24.9 Å². The van der Waals surface area contributed by atoms with Crippen LogP contribution in [0.25, 0.3) is 0 Å². The van der Waals surface area contributed by atoms with Crippen molar-refractivity contribution in [1.29, 1.82) is 0 Å².